The van der Waals surface area contributed by atoms with Crippen molar-refractivity contribution < 1.29 is 9.53 Å². The molecule has 1 aromatic carbocycles. The molecule has 0 aliphatic carbocycles. The smallest absolute Gasteiger partial charge is 0.273 e. The fourth-order valence-corrected chi connectivity index (χ4v) is 3.79. The number of anilines is 3. The van der Waals surface area contributed by atoms with Crippen LogP contribution in [0.25, 0.3) is 0 Å². The Bertz CT molecular complexity index is 928. The van der Waals surface area contributed by atoms with E-state index >= 15 is 0 Å². The van der Waals surface area contributed by atoms with Crippen molar-refractivity contribution in [2.45, 2.75) is 52.6 Å². The van der Waals surface area contributed by atoms with Crippen LogP contribution in [0.15, 0.2) is 24.3 Å². The minimum atomic E-state index is -0.0250. The Balaban J connectivity index is 1.70. The lowest BCUT2D eigenvalue weighted by molar-refractivity contribution is 0.0726. The number of hydrogen-bond acceptors (Lipinski definition) is 6. The monoisotopic (exact) mass is 409 g/mol. The molecule has 1 saturated heterocycles. The fraction of sp³-hybridized carbons (Fsp3) is 0.522. The van der Waals surface area contributed by atoms with Crippen molar-refractivity contribution in [2.24, 2.45) is 0 Å². The summed E-state index contributed by atoms with van der Waals surface area (Å²) >= 11 is 0. The highest BCUT2D eigenvalue weighted by atomic mass is 16.5. The van der Waals surface area contributed by atoms with Gasteiger partial charge in [-0.1, -0.05) is 32.9 Å². The summed E-state index contributed by atoms with van der Waals surface area (Å²) in [6.45, 7) is 13.9. The molecule has 7 nitrogen and oxygen atoms in total. The molecule has 1 amide bonds. The van der Waals surface area contributed by atoms with E-state index in [1.807, 2.05) is 18.7 Å². The number of carbonyl (C=O) groups is 1. The lowest BCUT2D eigenvalue weighted by Gasteiger charge is -2.27. The zero-order valence-electron chi connectivity index (χ0n) is 18.5. The van der Waals surface area contributed by atoms with Gasteiger partial charge in [-0.15, -0.1) is 0 Å². The SMILES string of the molecule is CC(C)N1Cc2c(Nc3ccc(C(C)(C)C)cc3)nc(N3CCOCC3)nc2C1=O. The van der Waals surface area contributed by atoms with E-state index in [0.29, 0.717) is 37.2 Å². The molecular formula is C23H31N5O2. The molecule has 30 heavy (non-hydrogen) atoms. The maximum Gasteiger partial charge on any atom is 0.273 e. The van der Waals surface area contributed by atoms with Crippen LogP contribution in [0.1, 0.15) is 56.2 Å². The quantitative estimate of drug-likeness (QED) is 0.830. The normalized spacial score (nSPS) is 16.9. The second-order valence-corrected chi connectivity index (χ2v) is 9.28. The third kappa shape index (κ3) is 3.99. The van der Waals surface area contributed by atoms with E-state index in [9.17, 15) is 4.79 Å². The molecule has 2 aliphatic rings. The third-order valence-electron chi connectivity index (χ3n) is 5.72. The molecule has 1 aromatic heterocycles. The van der Waals surface area contributed by atoms with Crippen LogP contribution in [0.2, 0.25) is 0 Å². The summed E-state index contributed by atoms with van der Waals surface area (Å²) < 4.78 is 5.46. The van der Waals surface area contributed by atoms with Gasteiger partial charge in [-0.2, -0.15) is 4.98 Å². The largest absolute Gasteiger partial charge is 0.378 e. The minimum Gasteiger partial charge on any atom is -0.378 e. The lowest BCUT2D eigenvalue weighted by Crippen LogP contribution is -2.37. The minimum absolute atomic E-state index is 0.0250. The van der Waals surface area contributed by atoms with Gasteiger partial charge in [0.05, 0.1) is 19.8 Å². The van der Waals surface area contributed by atoms with E-state index in [4.69, 9.17) is 9.72 Å². The van der Waals surface area contributed by atoms with Crippen molar-refractivity contribution in [3.8, 4) is 0 Å². The number of nitrogens with one attached hydrogen (secondary N) is 1. The number of nitrogens with zero attached hydrogens (tertiary/aromatic N) is 4. The average molecular weight is 410 g/mol. The Morgan fingerprint density at radius 3 is 2.33 bits per heavy atom. The molecule has 2 aromatic rings. The average Bonchev–Trinajstić information content (AvgIpc) is 3.06. The number of fused-ring (bicyclic) bond motifs is 1. The number of benzene rings is 1. The predicted molar refractivity (Wildman–Crippen MR) is 118 cm³/mol. The van der Waals surface area contributed by atoms with Gasteiger partial charge >= 0.3 is 0 Å². The molecule has 3 heterocycles. The summed E-state index contributed by atoms with van der Waals surface area (Å²) in [6.07, 6.45) is 0. The molecule has 7 heteroatoms. The molecule has 0 unspecified atom stereocenters. The number of amides is 1. The summed E-state index contributed by atoms with van der Waals surface area (Å²) in [5.41, 5.74) is 3.70. The zero-order valence-corrected chi connectivity index (χ0v) is 18.5. The van der Waals surface area contributed by atoms with E-state index in [1.165, 1.54) is 5.56 Å². The standard InChI is InChI=1S/C23H31N5O2/c1-15(2)28-14-18-19(21(28)29)25-22(27-10-12-30-13-11-27)26-20(18)24-17-8-6-16(7-9-17)23(3,4)5/h6-9,15H,10-14H2,1-5H3,(H,24,25,26). The highest BCUT2D eigenvalue weighted by Crippen LogP contribution is 2.32. The van der Waals surface area contributed by atoms with Gasteiger partial charge in [0, 0.05) is 30.4 Å². The van der Waals surface area contributed by atoms with Gasteiger partial charge in [0.2, 0.25) is 5.95 Å². The highest BCUT2D eigenvalue weighted by Gasteiger charge is 2.35. The highest BCUT2D eigenvalue weighted by molar-refractivity contribution is 5.98. The van der Waals surface area contributed by atoms with Crippen molar-refractivity contribution in [3.63, 3.8) is 0 Å². The first-order valence-electron chi connectivity index (χ1n) is 10.7. The maximum absolute atomic E-state index is 13.0. The van der Waals surface area contributed by atoms with E-state index in [1.54, 1.807) is 0 Å². The summed E-state index contributed by atoms with van der Waals surface area (Å²) in [4.78, 5) is 26.4. The second kappa shape index (κ2) is 7.87. The van der Waals surface area contributed by atoms with E-state index in [0.717, 1.165) is 24.3 Å². The van der Waals surface area contributed by atoms with E-state index in [2.05, 4.69) is 60.2 Å². The van der Waals surface area contributed by atoms with Crippen molar-refractivity contribution >= 4 is 23.4 Å². The summed E-state index contributed by atoms with van der Waals surface area (Å²) in [6, 6.07) is 8.52. The molecule has 1 fully saturated rings. The van der Waals surface area contributed by atoms with Crippen LogP contribution in [0, 0.1) is 0 Å². The zero-order chi connectivity index (χ0) is 21.5. The predicted octanol–water partition coefficient (Wildman–Crippen LogP) is 3.72. The molecule has 0 saturated carbocycles. The molecule has 1 N–H and O–H groups in total. The molecule has 0 bridgehead atoms. The van der Waals surface area contributed by atoms with Gasteiger partial charge in [0.1, 0.15) is 11.5 Å². The molecule has 0 spiro atoms. The number of ether oxygens (including phenoxy) is 1. The third-order valence-corrected chi connectivity index (χ3v) is 5.72. The van der Waals surface area contributed by atoms with Crippen molar-refractivity contribution in [2.75, 3.05) is 36.5 Å². The number of hydrogen-bond donors (Lipinski definition) is 1. The Morgan fingerprint density at radius 2 is 1.73 bits per heavy atom. The van der Waals surface area contributed by atoms with Crippen molar-refractivity contribution in [1.29, 1.82) is 0 Å². The number of morpholine rings is 1. The van der Waals surface area contributed by atoms with Crippen LogP contribution < -0.4 is 10.2 Å². The van der Waals surface area contributed by atoms with Crippen LogP contribution in [-0.2, 0) is 16.7 Å². The molecule has 2 aliphatic heterocycles. The van der Waals surface area contributed by atoms with Gasteiger partial charge in [0.25, 0.3) is 5.91 Å². The molecule has 4 rings (SSSR count). The topological polar surface area (TPSA) is 70.6 Å². The molecule has 160 valence electrons. The van der Waals surface area contributed by atoms with Gasteiger partial charge in [-0.25, -0.2) is 4.98 Å². The Kier molecular flexibility index (Phi) is 5.40. The molecule has 0 radical (unpaired) electrons. The van der Waals surface area contributed by atoms with Crippen LogP contribution in [0.5, 0.6) is 0 Å². The summed E-state index contributed by atoms with van der Waals surface area (Å²) in [5, 5.41) is 3.45. The number of carbonyl (C=O) groups excluding carboxylic acids is 1. The van der Waals surface area contributed by atoms with E-state index in [-0.39, 0.29) is 17.4 Å². The van der Waals surface area contributed by atoms with Gasteiger partial charge < -0.3 is 19.9 Å². The van der Waals surface area contributed by atoms with E-state index < -0.39 is 0 Å². The molecular weight excluding hydrogens is 378 g/mol. The Hall–Kier alpha value is -2.67. The second-order valence-electron chi connectivity index (χ2n) is 9.28. The van der Waals surface area contributed by atoms with Crippen LogP contribution in [-0.4, -0.2) is 53.1 Å². The first-order chi connectivity index (χ1) is 14.2. The maximum atomic E-state index is 13.0. The van der Waals surface area contributed by atoms with Crippen molar-refractivity contribution in [1.82, 2.24) is 14.9 Å². The van der Waals surface area contributed by atoms with Crippen LogP contribution in [0.3, 0.4) is 0 Å². The first-order valence-corrected chi connectivity index (χ1v) is 10.7. The summed E-state index contributed by atoms with van der Waals surface area (Å²) in [5.74, 6) is 1.27. The first kappa shape index (κ1) is 20.6. The number of aromatic nitrogens is 2. The molecule has 0 atom stereocenters. The number of rotatable bonds is 4. The van der Waals surface area contributed by atoms with Gasteiger partial charge in [-0.3, -0.25) is 4.79 Å². The fourth-order valence-electron chi connectivity index (χ4n) is 3.79. The Labute approximate surface area is 178 Å². The van der Waals surface area contributed by atoms with Crippen LogP contribution in [0.4, 0.5) is 17.5 Å². The Morgan fingerprint density at radius 1 is 1.07 bits per heavy atom. The van der Waals surface area contributed by atoms with Crippen LogP contribution >= 0.6 is 0 Å². The lowest BCUT2D eigenvalue weighted by atomic mass is 9.87. The van der Waals surface area contributed by atoms with Gasteiger partial charge in [-0.05, 0) is 37.0 Å². The van der Waals surface area contributed by atoms with Gasteiger partial charge in [0.15, 0.2) is 0 Å². The van der Waals surface area contributed by atoms with Crippen molar-refractivity contribution in [3.05, 3.63) is 41.1 Å². The summed E-state index contributed by atoms with van der Waals surface area (Å²) in [7, 11) is 0.